The van der Waals surface area contributed by atoms with Gasteiger partial charge in [0.1, 0.15) is 0 Å². The molecule has 4 nitrogen and oxygen atoms in total. The van der Waals surface area contributed by atoms with E-state index in [1.165, 1.54) is 43.6 Å². The molecule has 1 saturated heterocycles. The van der Waals surface area contributed by atoms with Crippen molar-refractivity contribution in [2.45, 2.75) is 44.4 Å². The largest absolute Gasteiger partial charge is 0.310 e. The second-order valence-corrected chi connectivity index (χ2v) is 6.45. The van der Waals surface area contributed by atoms with Crippen molar-refractivity contribution in [3.8, 4) is 0 Å². The van der Waals surface area contributed by atoms with Gasteiger partial charge in [-0.3, -0.25) is 9.88 Å². The highest BCUT2D eigenvalue weighted by atomic mass is 15.2. The summed E-state index contributed by atoms with van der Waals surface area (Å²) in [5.41, 5.74) is 2.49. The zero-order valence-electron chi connectivity index (χ0n) is 12.7. The molecule has 1 N–H and O–H groups in total. The van der Waals surface area contributed by atoms with Crippen molar-refractivity contribution < 1.29 is 0 Å². The molecule has 110 valence electrons. The van der Waals surface area contributed by atoms with Crippen LogP contribution in [0.1, 0.15) is 30.5 Å². The third-order valence-electron chi connectivity index (χ3n) is 4.42. The Hall–Kier alpha value is -0.970. The molecule has 1 aromatic heterocycles. The third-order valence-corrected chi connectivity index (χ3v) is 4.42. The highest BCUT2D eigenvalue weighted by Crippen LogP contribution is 2.19. The molecular weight excluding hydrogens is 248 g/mol. The normalized spacial score (nSPS) is 23.6. The number of aromatic nitrogens is 1. The van der Waals surface area contributed by atoms with Gasteiger partial charge in [0.2, 0.25) is 0 Å². The van der Waals surface area contributed by atoms with Crippen LogP contribution in [0.5, 0.6) is 0 Å². The Morgan fingerprint density at radius 2 is 2.15 bits per heavy atom. The first kappa shape index (κ1) is 14.0. The quantitative estimate of drug-likeness (QED) is 0.851. The van der Waals surface area contributed by atoms with Crippen molar-refractivity contribution >= 4 is 0 Å². The zero-order chi connectivity index (χ0) is 13.9. The Balaban J connectivity index is 1.47. The van der Waals surface area contributed by atoms with Crippen LogP contribution in [0.25, 0.3) is 0 Å². The van der Waals surface area contributed by atoms with E-state index in [1.54, 1.807) is 0 Å². The molecular formula is C16H26N4. The molecule has 20 heavy (non-hydrogen) atoms. The van der Waals surface area contributed by atoms with E-state index in [1.807, 2.05) is 6.20 Å². The number of likely N-dealkylation sites (tertiary alicyclic amines) is 1. The summed E-state index contributed by atoms with van der Waals surface area (Å²) in [6, 6.07) is 5.88. The highest BCUT2D eigenvalue weighted by molar-refractivity contribution is 5.14. The zero-order valence-corrected chi connectivity index (χ0v) is 12.7. The van der Waals surface area contributed by atoms with E-state index in [0.717, 1.165) is 19.1 Å². The van der Waals surface area contributed by atoms with Gasteiger partial charge in [-0.25, -0.2) is 0 Å². The lowest BCUT2D eigenvalue weighted by atomic mass is 10.2. The summed E-state index contributed by atoms with van der Waals surface area (Å²) in [7, 11) is 4.35. The molecule has 1 unspecified atom stereocenters. The van der Waals surface area contributed by atoms with Crippen molar-refractivity contribution in [1.82, 2.24) is 20.1 Å². The number of hydrogen-bond donors (Lipinski definition) is 1. The molecule has 1 atom stereocenters. The van der Waals surface area contributed by atoms with Crippen LogP contribution in [-0.4, -0.2) is 54.1 Å². The maximum absolute atomic E-state index is 4.62. The van der Waals surface area contributed by atoms with E-state index in [-0.39, 0.29) is 0 Å². The number of pyridine rings is 1. The fourth-order valence-electron chi connectivity index (χ4n) is 2.81. The molecule has 2 fully saturated rings. The molecule has 0 radical (unpaired) electrons. The third kappa shape index (κ3) is 3.78. The lowest BCUT2D eigenvalue weighted by Gasteiger charge is -2.20. The molecule has 1 saturated carbocycles. The van der Waals surface area contributed by atoms with Crippen molar-refractivity contribution in [2.24, 2.45) is 0 Å². The Bertz CT molecular complexity index is 425. The van der Waals surface area contributed by atoms with E-state index < -0.39 is 0 Å². The number of likely N-dealkylation sites (N-methyl/N-ethyl adjacent to an activating group) is 1. The number of rotatable bonds is 6. The van der Waals surface area contributed by atoms with Crippen LogP contribution in [0.3, 0.4) is 0 Å². The fourth-order valence-corrected chi connectivity index (χ4v) is 2.81. The van der Waals surface area contributed by atoms with Crippen molar-refractivity contribution in [1.29, 1.82) is 0 Å². The lowest BCUT2D eigenvalue weighted by molar-refractivity contribution is 0.263. The first-order valence-corrected chi connectivity index (χ1v) is 7.76. The predicted molar refractivity (Wildman–Crippen MR) is 81.5 cm³/mol. The molecule has 1 aromatic rings. The van der Waals surface area contributed by atoms with Gasteiger partial charge < -0.3 is 10.2 Å². The Morgan fingerprint density at radius 3 is 2.75 bits per heavy atom. The second-order valence-electron chi connectivity index (χ2n) is 6.45. The minimum atomic E-state index is 0.706. The van der Waals surface area contributed by atoms with Crippen LogP contribution in [0.15, 0.2) is 18.3 Å². The van der Waals surface area contributed by atoms with Crippen molar-refractivity contribution in [2.75, 3.05) is 27.2 Å². The summed E-state index contributed by atoms with van der Waals surface area (Å²) in [4.78, 5) is 9.46. The maximum atomic E-state index is 4.62. The van der Waals surface area contributed by atoms with E-state index in [0.29, 0.717) is 6.04 Å². The molecule has 4 heteroatoms. The van der Waals surface area contributed by atoms with Gasteiger partial charge >= 0.3 is 0 Å². The van der Waals surface area contributed by atoms with Crippen LogP contribution in [0.4, 0.5) is 0 Å². The number of nitrogens with zero attached hydrogens (tertiary/aromatic N) is 3. The van der Waals surface area contributed by atoms with Gasteiger partial charge in [-0.15, -0.1) is 0 Å². The van der Waals surface area contributed by atoms with E-state index >= 15 is 0 Å². The molecule has 1 aliphatic heterocycles. The van der Waals surface area contributed by atoms with Gasteiger partial charge in [0.05, 0.1) is 5.69 Å². The molecule has 0 amide bonds. The van der Waals surface area contributed by atoms with E-state index in [4.69, 9.17) is 0 Å². The van der Waals surface area contributed by atoms with Crippen molar-refractivity contribution in [3.63, 3.8) is 0 Å². The summed E-state index contributed by atoms with van der Waals surface area (Å²) in [5, 5.41) is 3.53. The van der Waals surface area contributed by atoms with E-state index in [2.05, 4.69) is 46.3 Å². The standard InChI is InChI=1S/C16H26N4/c1-19(2)16-7-8-20(12-16)11-15-4-3-13(10-18-15)9-17-14-5-6-14/h3-4,10,14,16-17H,5-9,11-12H2,1-2H3. The van der Waals surface area contributed by atoms with Gasteiger partial charge in [-0.2, -0.15) is 0 Å². The smallest absolute Gasteiger partial charge is 0.0544 e. The minimum Gasteiger partial charge on any atom is -0.310 e. The van der Waals surface area contributed by atoms with Crippen LogP contribution >= 0.6 is 0 Å². The molecule has 1 aliphatic carbocycles. The van der Waals surface area contributed by atoms with Crippen LogP contribution in [-0.2, 0) is 13.1 Å². The predicted octanol–water partition coefficient (Wildman–Crippen LogP) is 1.47. The maximum Gasteiger partial charge on any atom is 0.0544 e. The number of hydrogen-bond acceptors (Lipinski definition) is 4. The SMILES string of the molecule is CN(C)C1CCN(Cc2ccc(CNC3CC3)cn2)C1. The monoisotopic (exact) mass is 274 g/mol. The molecule has 2 aliphatic rings. The van der Waals surface area contributed by atoms with Crippen molar-refractivity contribution in [3.05, 3.63) is 29.6 Å². The topological polar surface area (TPSA) is 31.4 Å². The van der Waals surface area contributed by atoms with Gasteiger partial charge in [0, 0.05) is 44.5 Å². The van der Waals surface area contributed by atoms with Gasteiger partial charge in [0.15, 0.2) is 0 Å². The Kier molecular flexibility index (Phi) is 4.34. The van der Waals surface area contributed by atoms with Crippen LogP contribution in [0.2, 0.25) is 0 Å². The molecule has 0 spiro atoms. The Morgan fingerprint density at radius 1 is 1.30 bits per heavy atom. The minimum absolute atomic E-state index is 0.706. The average molecular weight is 274 g/mol. The molecule has 0 aromatic carbocycles. The van der Waals surface area contributed by atoms with Gasteiger partial charge in [0.25, 0.3) is 0 Å². The first-order valence-electron chi connectivity index (χ1n) is 7.76. The summed E-state index contributed by atoms with van der Waals surface area (Å²) >= 11 is 0. The first-order chi connectivity index (χ1) is 9.70. The molecule has 2 heterocycles. The van der Waals surface area contributed by atoms with Gasteiger partial charge in [-0.1, -0.05) is 6.07 Å². The Labute approximate surface area is 122 Å². The summed E-state index contributed by atoms with van der Waals surface area (Å²) in [6.45, 7) is 4.31. The summed E-state index contributed by atoms with van der Waals surface area (Å²) < 4.78 is 0. The van der Waals surface area contributed by atoms with Crippen LogP contribution in [0, 0.1) is 0 Å². The summed E-state index contributed by atoms with van der Waals surface area (Å²) in [5.74, 6) is 0. The van der Waals surface area contributed by atoms with Gasteiger partial charge in [-0.05, 0) is 45.0 Å². The molecule has 3 rings (SSSR count). The fraction of sp³-hybridized carbons (Fsp3) is 0.688. The lowest BCUT2D eigenvalue weighted by Crippen LogP contribution is -2.31. The number of nitrogens with one attached hydrogen (secondary N) is 1. The van der Waals surface area contributed by atoms with Crippen LogP contribution < -0.4 is 5.32 Å². The van der Waals surface area contributed by atoms with E-state index in [9.17, 15) is 0 Å². The highest BCUT2D eigenvalue weighted by Gasteiger charge is 2.24. The second kappa shape index (κ2) is 6.20. The average Bonchev–Trinajstić information content (AvgIpc) is 3.15. The summed E-state index contributed by atoms with van der Waals surface area (Å²) in [6.07, 6.45) is 5.99. The molecule has 0 bridgehead atoms.